The molecule has 3 unspecified atom stereocenters. The second kappa shape index (κ2) is 7.81. The number of nitrogens with one attached hydrogen (secondary N) is 1. The summed E-state index contributed by atoms with van der Waals surface area (Å²) >= 11 is 1.89. The van der Waals surface area contributed by atoms with Crippen LogP contribution in [0.4, 0.5) is 0 Å². The molecule has 2 aliphatic carbocycles. The van der Waals surface area contributed by atoms with Gasteiger partial charge in [0.25, 0.3) is 0 Å². The van der Waals surface area contributed by atoms with Gasteiger partial charge in [-0.2, -0.15) is 11.8 Å². The Balaban J connectivity index is 1.69. The molecule has 2 rings (SSSR count). The highest BCUT2D eigenvalue weighted by molar-refractivity contribution is 7.99. The Morgan fingerprint density at radius 2 is 2.10 bits per heavy atom. The molecule has 122 valence electrons. The van der Waals surface area contributed by atoms with Crippen molar-refractivity contribution in [3.63, 3.8) is 0 Å². The van der Waals surface area contributed by atoms with Gasteiger partial charge in [0.05, 0.1) is 12.6 Å². The summed E-state index contributed by atoms with van der Waals surface area (Å²) < 4.78 is 5.73. The van der Waals surface area contributed by atoms with Gasteiger partial charge in [0.15, 0.2) is 0 Å². The number of carboxylic acid groups (broad SMARTS) is 1. The molecule has 0 amide bonds. The Bertz CT molecular complexity index is 350. The van der Waals surface area contributed by atoms with Crippen LogP contribution in [-0.2, 0) is 9.53 Å². The van der Waals surface area contributed by atoms with Gasteiger partial charge in [-0.1, -0.05) is 6.92 Å². The minimum Gasteiger partial charge on any atom is -0.480 e. The third kappa shape index (κ3) is 4.12. The average Bonchev–Trinajstić information content (AvgIpc) is 2.37. The highest BCUT2D eigenvalue weighted by Crippen LogP contribution is 2.36. The number of ether oxygens (including phenoxy) is 1. The molecule has 2 aliphatic rings. The second-order valence-corrected chi connectivity index (χ2v) is 7.00. The summed E-state index contributed by atoms with van der Waals surface area (Å²) in [5.74, 6) is -0.728. The summed E-state index contributed by atoms with van der Waals surface area (Å²) in [5, 5.41) is 13.2. The molecule has 21 heavy (non-hydrogen) atoms. The maximum Gasteiger partial charge on any atom is 0.317 e. The first-order valence-corrected chi connectivity index (χ1v) is 9.24. The maximum absolute atomic E-state index is 10.8. The van der Waals surface area contributed by atoms with E-state index in [-0.39, 0.29) is 6.54 Å². The summed E-state index contributed by atoms with van der Waals surface area (Å²) in [7, 11) is 0. The smallest absolute Gasteiger partial charge is 0.317 e. The van der Waals surface area contributed by atoms with Gasteiger partial charge >= 0.3 is 5.97 Å². The summed E-state index contributed by atoms with van der Waals surface area (Å²) in [6.45, 7) is 5.85. The van der Waals surface area contributed by atoms with Gasteiger partial charge in [0.1, 0.15) is 0 Å². The lowest BCUT2D eigenvalue weighted by Crippen LogP contribution is -2.63. The van der Waals surface area contributed by atoms with Crippen molar-refractivity contribution in [2.24, 2.45) is 0 Å². The Morgan fingerprint density at radius 1 is 1.38 bits per heavy atom. The highest BCUT2D eigenvalue weighted by Gasteiger charge is 2.44. The number of carbonyl (C=O) groups is 1. The van der Waals surface area contributed by atoms with Crippen molar-refractivity contribution >= 4 is 17.7 Å². The molecule has 0 heterocycles. The van der Waals surface area contributed by atoms with Crippen molar-refractivity contribution in [1.82, 2.24) is 10.2 Å². The summed E-state index contributed by atoms with van der Waals surface area (Å²) in [5.41, 5.74) is 0. The lowest BCUT2D eigenvalue weighted by atomic mass is 9.81. The molecule has 2 N–H and O–H groups in total. The van der Waals surface area contributed by atoms with Crippen molar-refractivity contribution in [2.75, 3.05) is 26.0 Å². The fourth-order valence-electron chi connectivity index (χ4n) is 3.44. The monoisotopic (exact) mass is 316 g/mol. The molecule has 0 aromatic heterocycles. The number of thioether (sulfide) groups is 1. The Labute approximate surface area is 131 Å². The number of nitrogens with zero attached hydrogens (tertiary/aromatic N) is 1. The Morgan fingerprint density at radius 3 is 2.62 bits per heavy atom. The van der Waals surface area contributed by atoms with Crippen LogP contribution in [-0.4, -0.2) is 71.4 Å². The van der Waals surface area contributed by atoms with E-state index in [9.17, 15) is 4.79 Å². The topological polar surface area (TPSA) is 61.8 Å². The number of carboxylic acids is 1. The maximum atomic E-state index is 10.8. The third-order valence-electron chi connectivity index (χ3n) is 4.73. The lowest BCUT2D eigenvalue weighted by molar-refractivity contribution is -0.139. The van der Waals surface area contributed by atoms with Crippen LogP contribution < -0.4 is 5.32 Å². The molecule has 6 heteroatoms. The average molecular weight is 316 g/mol. The van der Waals surface area contributed by atoms with Crippen LogP contribution in [0.3, 0.4) is 0 Å². The molecular weight excluding hydrogens is 288 g/mol. The first kappa shape index (κ1) is 17.1. The quantitative estimate of drug-likeness (QED) is 0.671. The number of aliphatic carboxylic acids is 1. The van der Waals surface area contributed by atoms with Crippen molar-refractivity contribution in [3.05, 3.63) is 0 Å². The second-order valence-electron chi connectivity index (χ2n) is 5.98. The van der Waals surface area contributed by atoms with E-state index in [4.69, 9.17) is 9.84 Å². The molecule has 0 bridgehead atoms. The number of likely N-dealkylation sites (N-methyl/N-ethyl adjacent to an activating group) is 1. The summed E-state index contributed by atoms with van der Waals surface area (Å²) in [6, 6.07) is 1.52. The van der Waals surface area contributed by atoms with E-state index in [0.717, 1.165) is 32.4 Å². The van der Waals surface area contributed by atoms with Crippen LogP contribution in [0.2, 0.25) is 0 Å². The molecule has 0 aromatic carbocycles. The van der Waals surface area contributed by atoms with Crippen LogP contribution in [0.5, 0.6) is 0 Å². The van der Waals surface area contributed by atoms with Gasteiger partial charge in [-0.05, 0) is 39.0 Å². The van der Waals surface area contributed by atoms with E-state index in [0.29, 0.717) is 29.5 Å². The number of hydrogen-bond acceptors (Lipinski definition) is 5. The Kier molecular flexibility index (Phi) is 6.34. The molecule has 0 aromatic rings. The Hall–Kier alpha value is -0.300. The van der Waals surface area contributed by atoms with Crippen molar-refractivity contribution in [1.29, 1.82) is 0 Å². The van der Waals surface area contributed by atoms with Crippen molar-refractivity contribution in [2.45, 2.75) is 62.6 Å². The standard InChI is InChI=1S/C15H28N2O3S/c1-4-17(9-14(18)19)11-6-10(7-11)16-12-8-13(20-5-2)15(12)21-3/h10-13,15-16H,4-9H2,1-3H3,(H,18,19). The third-order valence-corrected chi connectivity index (χ3v) is 5.90. The summed E-state index contributed by atoms with van der Waals surface area (Å²) in [4.78, 5) is 12.9. The molecule has 2 fully saturated rings. The fraction of sp³-hybridized carbons (Fsp3) is 0.933. The van der Waals surface area contributed by atoms with Crippen LogP contribution in [0.1, 0.15) is 33.1 Å². The van der Waals surface area contributed by atoms with Crippen LogP contribution in [0.25, 0.3) is 0 Å². The molecule has 0 saturated heterocycles. The molecule has 0 spiro atoms. The minimum absolute atomic E-state index is 0.164. The number of rotatable bonds is 9. The predicted molar refractivity (Wildman–Crippen MR) is 86.0 cm³/mol. The summed E-state index contributed by atoms with van der Waals surface area (Å²) in [6.07, 6.45) is 5.79. The van der Waals surface area contributed by atoms with E-state index in [1.807, 2.05) is 18.7 Å². The highest BCUT2D eigenvalue weighted by atomic mass is 32.2. The first-order valence-electron chi connectivity index (χ1n) is 7.95. The molecular formula is C15H28N2O3S. The molecule has 0 aliphatic heterocycles. The fourth-order valence-corrected chi connectivity index (χ4v) is 4.45. The van der Waals surface area contributed by atoms with Gasteiger partial charge in [0.2, 0.25) is 0 Å². The zero-order valence-electron chi connectivity index (χ0n) is 13.2. The lowest BCUT2D eigenvalue weighted by Gasteiger charge is -2.49. The largest absolute Gasteiger partial charge is 0.480 e. The molecule has 3 atom stereocenters. The van der Waals surface area contributed by atoms with E-state index >= 15 is 0 Å². The van der Waals surface area contributed by atoms with Gasteiger partial charge in [-0.25, -0.2) is 0 Å². The van der Waals surface area contributed by atoms with E-state index < -0.39 is 5.97 Å². The van der Waals surface area contributed by atoms with Gasteiger partial charge in [0, 0.05) is 30.0 Å². The van der Waals surface area contributed by atoms with Crippen LogP contribution >= 0.6 is 11.8 Å². The molecule has 0 radical (unpaired) electrons. The van der Waals surface area contributed by atoms with Crippen LogP contribution in [0, 0.1) is 0 Å². The van der Waals surface area contributed by atoms with E-state index in [1.165, 1.54) is 0 Å². The van der Waals surface area contributed by atoms with Crippen molar-refractivity contribution < 1.29 is 14.6 Å². The van der Waals surface area contributed by atoms with E-state index in [1.54, 1.807) is 0 Å². The van der Waals surface area contributed by atoms with Gasteiger partial charge in [-0.3, -0.25) is 9.69 Å². The normalized spacial score (nSPS) is 35.3. The zero-order chi connectivity index (χ0) is 15.4. The zero-order valence-corrected chi connectivity index (χ0v) is 14.1. The van der Waals surface area contributed by atoms with Crippen LogP contribution in [0.15, 0.2) is 0 Å². The van der Waals surface area contributed by atoms with Crippen molar-refractivity contribution in [3.8, 4) is 0 Å². The SMILES string of the molecule is CCOC1CC(NC2CC(N(CC)CC(=O)O)C2)C1SC. The number of hydrogen-bond donors (Lipinski definition) is 2. The van der Waals surface area contributed by atoms with E-state index in [2.05, 4.69) is 23.4 Å². The molecule has 2 saturated carbocycles. The van der Waals surface area contributed by atoms with Gasteiger partial charge in [-0.15, -0.1) is 0 Å². The molecule has 5 nitrogen and oxygen atoms in total. The predicted octanol–water partition coefficient (Wildman–Crippen LogP) is 1.42. The minimum atomic E-state index is -0.728. The first-order chi connectivity index (χ1) is 10.1. The van der Waals surface area contributed by atoms with Gasteiger partial charge < -0.3 is 15.2 Å².